The van der Waals surface area contributed by atoms with E-state index in [9.17, 15) is 14.9 Å². The summed E-state index contributed by atoms with van der Waals surface area (Å²) in [6.45, 7) is 4.07. The molecule has 3 aromatic carbocycles. The van der Waals surface area contributed by atoms with Gasteiger partial charge in [0, 0.05) is 12.0 Å². The summed E-state index contributed by atoms with van der Waals surface area (Å²) < 4.78 is 16.2. The van der Waals surface area contributed by atoms with Gasteiger partial charge in [-0.15, -0.1) is 0 Å². The second-order valence-corrected chi connectivity index (χ2v) is 9.71. The molecule has 8 nitrogen and oxygen atoms in total. The summed E-state index contributed by atoms with van der Waals surface area (Å²) in [6, 6.07) is 25.1. The highest BCUT2D eigenvalue weighted by atomic mass is 16.5. The van der Waals surface area contributed by atoms with Gasteiger partial charge in [-0.3, -0.25) is 10.1 Å². The topological polar surface area (TPSA) is 114 Å². The van der Waals surface area contributed by atoms with Crippen molar-refractivity contribution in [3.8, 4) is 28.5 Å². The maximum absolute atomic E-state index is 12.5. The molecule has 1 amide bonds. The van der Waals surface area contributed by atoms with Gasteiger partial charge in [0.1, 0.15) is 11.4 Å². The summed E-state index contributed by atoms with van der Waals surface area (Å²) in [5, 5.41) is 16.0. The van der Waals surface area contributed by atoms with Crippen LogP contribution in [0.15, 0.2) is 77.3 Å². The van der Waals surface area contributed by atoms with Crippen molar-refractivity contribution >= 4 is 17.7 Å². The van der Waals surface area contributed by atoms with Crippen LogP contribution in [0.2, 0.25) is 0 Å². The van der Waals surface area contributed by atoms with Crippen molar-refractivity contribution in [2.24, 2.45) is 0 Å². The molecule has 202 valence electrons. The third-order valence-electron chi connectivity index (χ3n) is 7.17. The van der Waals surface area contributed by atoms with Crippen LogP contribution in [-0.2, 0) is 26.1 Å². The van der Waals surface area contributed by atoms with Gasteiger partial charge in [0.05, 0.1) is 30.3 Å². The van der Waals surface area contributed by atoms with Crippen LogP contribution in [0, 0.1) is 18.3 Å². The van der Waals surface area contributed by atoms with Crippen LogP contribution in [0.4, 0.5) is 10.5 Å². The van der Waals surface area contributed by atoms with E-state index in [1.165, 1.54) is 0 Å². The van der Waals surface area contributed by atoms with Crippen LogP contribution < -0.4 is 5.32 Å². The number of aryl methyl sites for hydroxylation is 1. The zero-order chi connectivity index (χ0) is 28.1. The average Bonchev–Trinajstić information content (AvgIpc) is 3.72. The highest BCUT2D eigenvalue weighted by molar-refractivity contribution is 5.91. The van der Waals surface area contributed by atoms with Crippen molar-refractivity contribution < 1.29 is 23.6 Å². The Balaban J connectivity index is 1.24. The largest absolute Gasteiger partial charge is 0.465 e. The van der Waals surface area contributed by atoms with Crippen LogP contribution in [0.5, 0.6) is 0 Å². The van der Waals surface area contributed by atoms with Gasteiger partial charge in [-0.1, -0.05) is 71.9 Å². The molecule has 8 heteroatoms. The summed E-state index contributed by atoms with van der Waals surface area (Å²) >= 11 is 0. The molecule has 0 unspecified atom stereocenters. The fraction of sp³-hybridized carbons (Fsp3) is 0.250. The highest BCUT2D eigenvalue weighted by Gasteiger charge is 2.52. The predicted octanol–water partition coefficient (Wildman–Crippen LogP) is 6.57. The number of carbonyl (C=O) groups is 2. The molecular formula is C32H29N3O5. The van der Waals surface area contributed by atoms with Gasteiger partial charge in [-0.25, -0.2) is 4.79 Å². The Labute approximate surface area is 232 Å². The molecule has 0 atom stereocenters. The van der Waals surface area contributed by atoms with Gasteiger partial charge < -0.3 is 14.0 Å². The second-order valence-electron chi connectivity index (χ2n) is 9.71. The first-order valence-electron chi connectivity index (χ1n) is 13.2. The zero-order valence-electron chi connectivity index (χ0n) is 22.4. The summed E-state index contributed by atoms with van der Waals surface area (Å²) in [7, 11) is 0. The first-order chi connectivity index (χ1) is 19.4. The molecule has 1 aliphatic carbocycles. The van der Waals surface area contributed by atoms with Crippen molar-refractivity contribution in [1.82, 2.24) is 5.16 Å². The molecule has 0 spiro atoms. The van der Waals surface area contributed by atoms with Gasteiger partial charge >= 0.3 is 12.1 Å². The molecule has 0 saturated heterocycles. The maximum atomic E-state index is 12.5. The number of esters is 1. The second kappa shape index (κ2) is 11.5. The molecule has 0 bridgehead atoms. The van der Waals surface area contributed by atoms with Gasteiger partial charge in [0.15, 0.2) is 5.76 Å². The number of aromatic nitrogens is 1. The van der Waals surface area contributed by atoms with Crippen molar-refractivity contribution in [1.29, 1.82) is 5.26 Å². The maximum Gasteiger partial charge on any atom is 0.411 e. The van der Waals surface area contributed by atoms with Crippen LogP contribution in [0.1, 0.15) is 42.1 Å². The molecule has 1 saturated carbocycles. The summed E-state index contributed by atoms with van der Waals surface area (Å²) in [6.07, 6.45) is 1.43. The lowest BCUT2D eigenvalue weighted by molar-refractivity contribution is -0.146. The number of anilines is 1. The Hall–Kier alpha value is -4.90. The van der Waals surface area contributed by atoms with Crippen molar-refractivity contribution in [2.75, 3.05) is 18.5 Å². The predicted molar refractivity (Wildman–Crippen MR) is 149 cm³/mol. The fourth-order valence-corrected chi connectivity index (χ4v) is 4.75. The van der Waals surface area contributed by atoms with Crippen molar-refractivity contribution in [2.45, 2.75) is 38.5 Å². The number of benzene rings is 3. The molecule has 0 radical (unpaired) electrons. The number of carbonyl (C=O) groups excluding carboxylic acids is 2. The number of ether oxygens (including phenoxy) is 2. The number of rotatable bonds is 9. The zero-order valence-corrected chi connectivity index (χ0v) is 22.4. The lowest BCUT2D eigenvalue weighted by Gasteiger charge is -2.14. The summed E-state index contributed by atoms with van der Waals surface area (Å²) in [4.78, 5) is 24.9. The third kappa shape index (κ3) is 5.45. The normalized spacial score (nSPS) is 13.2. The number of hydrogen-bond acceptors (Lipinski definition) is 7. The number of nitrogens with zero attached hydrogens (tertiary/aromatic N) is 2. The summed E-state index contributed by atoms with van der Waals surface area (Å²) in [5.41, 5.74) is 5.60. The van der Waals surface area contributed by atoms with E-state index in [4.69, 9.17) is 14.0 Å². The first kappa shape index (κ1) is 26.7. The SMILES string of the molecule is CCOC(=O)C1(c2ccc(-c3ccc(-c4onc(C)c4NC(=O)OCCc4ccccc4C#N)cc3)cc2)CC1. The first-order valence-corrected chi connectivity index (χ1v) is 13.2. The van der Waals surface area contributed by atoms with E-state index in [0.29, 0.717) is 35.7 Å². The van der Waals surface area contributed by atoms with Crippen molar-refractivity contribution in [3.05, 3.63) is 95.2 Å². The lowest BCUT2D eigenvalue weighted by atomic mass is 9.93. The van der Waals surface area contributed by atoms with Gasteiger partial charge in [0.25, 0.3) is 0 Å². The van der Waals surface area contributed by atoms with Gasteiger partial charge in [-0.05, 0) is 55.0 Å². The fourth-order valence-electron chi connectivity index (χ4n) is 4.75. The minimum Gasteiger partial charge on any atom is -0.465 e. The Bertz CT molecular complexity index is 1560. The molecule has 1 aliphatic rings. The average molecular weight is 536 g/mol. The molecule has 1 heterocycles. The van der Waals surface area contributed by atoms with E-state index in [1.807, 2.05) is 67.6 Å². The van der Waals surface area contributed by atoms with Crippen LogP contribution in [0.25, 0.3) is 22.5 Å². The third-order valence-corrected chi connectivity index (χ3v) is 7.17. The minimum atomic E-state index is -0.630. The number of amides is 1. The Morgan fingerprint density at radius 3 is 2.27 bits per heavy atom. The van der Waals surface area contributed by atoms with E-state index in [2.05, 4.69) is 16.5 Å². The standard InChI is InChI=1S/C32H29N3O5/c1-3-38-30(36)32(17-18-32)27-14-12-24(13-15-27)23-8-10-25(11-9-23)29-28(21(2)35-40-29)34-31(37)39-19-16-22-6-4-5-7-26(22)20-33/h4-15H,3,16-19H2,1-2H3,(H,34,37). The molecule has 4 aromatic rings. The van der Waals surface area contributed by atoms with E-state index >= 15 is 0 Å². The smallest absolute Gasteiger partial charge is 0.411 e. The monoisotopic (exact) mass is 535 g/mol. The van der Waals surface area contributed by atoms with Gasteiger partial charge in [0.2, 0.25) is 0 Å². The number of hydrogen-bond donors (Lipinski definition) is 1. The van der Waals surface area contributed by atoms with E-state index in [0.717, 1.165) is 40.7 Å². The number of nitrogens with one attached hydrogen (secondary N) is 1. The Morgan fingerprint density at radius 2 is 1.62 bits per heavy atom. The molecule has 0 aliphatic heterocycles. The lowest BCUT2D eigenvalue weighted by Crippen LogP contribution is -2.23. The summed E-state index contributed by atoms with van der Waals surface area (Å²) in [5.74, 6) is 0.281. The Morgan fingerprint density at radius 1 is 0.975 bits per heavy atom. The molecule has 1 aromatic heterocycles. The quantitative estimate of drug-likeness (QED) is 0.241. The van der Waals surface area contributed by atoms with E-state index in [1.54, 1.807) is 19.1 Å². The van der Waals surface area contributed by atoms with Crippen LogP contribution >= 0.6 is 0 Å². The van der Waals surface area contributed by atoms with Crippen molar-refractivity contribution in [3.63, 3.8) is 0 Å². The molecule has 5 rings (SSSR count). The minimum absolute atomic E-state index is 0.124. The van der Waals surface area contributed by atoms with Crippen LogP contribution in [0.3, 0.4) is 0 Å². The van der Waals surface area contributed by atoms with E-state index < -0.39 is 11.5 Å². The van der Waals surface area contributed by atoms with Gasteiger partial charge in [-0.2, -0.15) is 5.26 Å². The molecule has 40 heavy (non-hydrogen) atoms. The highest BCUT2D eigenvalue weighted by Crippen LogP contribution is 2.49. The number of nitriles is 1. The van der Waals surface area contributed by atoms with Crippen LogP contribution in [-0.4, -0.2) is 30.4 Å². The molecule has 1 N–H and O–H groups in total. The molecular weight excluding hydrogens is 506 g/mol. The Kier molecular flexibility index (Phi) is 7.65. The molecule has 1 fully saturated rings. The van der Waals surface area contributed by atoms with E-state index in [-0.39, 0.29) is 12.6 Å².